The van der Waals surface area contributed by atoms with Crippen molar-refractivity contribution in [2.24, 2.45) is 34.0 Å². The van der Waals surface area contributed by atoms with Gasteiger partial charge in [-0.15, -0.1) is 0 Å². The summed E-state index contributed by atoms with van der Waals surface area (Å²) in [5, 5.41) is 25.9. The van der Waals surface area contributed by atoms with Gasteiger partial charge in [0.05, 0.1) is 12.5 Å². The maximum Gasteiger partial charge on any atom is 0.326 e. The van der Waals surface area contributed by atoms with E-state index in [2.05, 4.69) is 20.9 Å². The van der Waals surface area contributed by atoms with Gasteiger partial charge in [-0.25, -0.2) is 4.79 Å². The predicted molar refractivity (Wildman–Crippen MR) is 132 cm³/mol. The smallest absolute Gasteiger partial charge is 0.326 e. The minimum Gasteiger partial charge on any atom is -0.481 e. The van der Waals surface area contributed by atoms with Crippen LogP contribution in [-0.4, -0.2) is 76.5 Å². The van der Waals surface area contributed by atoms with Crippen molar-refractivity contribution in [2.45, 2.75) is 84.0 Å². The second-order valence-corrected chi connectivity index (χ2v) is 8.80. The number of nitrogens with one attached hydrogen (secondary N) is 3. The third-order valence-electron chi connectivity index (χ3n) is 5.88. The van der Waals surface area contributed by atoms with Gasteiger partial charge in [0, 0.05) is 6.54 Å². The Morgan fingerprint density at radius 2 is 1.36 bits per heavy atom. The zero-order valence-electron chi connectivity index (χ0n) is 21.3. The lowest BCUT2D eigenvalue weighted by atomic mass is 9.96. The molecule has 0 bridgehead atoms. The van der Waals surface area contributed by atoms with Gasteiger partial charge in [0.2, 0.25) is 17.7 Å². The van der Waals surface area contributed by atoms with E-state index >= 15 is 0 Å². The van der Waals surface area contributed by atoms with Gasteiger partial charge in [-0.05, 0) is 24.7 Å². The van der Waals surface area contributed by atoms with Crippen molar-refractivity contribution in [3.63, 3.8) is 0 Å². The summed E-state index contributed by atoms with van der Waals surface area (Å²) < 4.78 is 0. The largest absolute Gasteiger partial charge is 0.481 e. The van der Waals surface area contributed by atoms with Crippen molar-refractivity contribution in [2.75, 3.05) is 6.54 Å². The first-order valence-corrected chi connectivity index (χ1v) is 11.9. The van der Waals surface area contributed by atoms with E-state index in [-0.39, 0.29) is 30.8 Å². The molecule has 0 saturated carbocycles. The summed E-state index contributed by atoms with van der Waals surface area (Å²) in [6, 6.07) is -4.79. The Morgan fingerprint density at radius 3 is 1.83 bits per heavy atom. The molecule has 3 amide bonds. The molecule has 14 heteroatoms. The van der Waals surface area contributed by atoms with Crippen LogP contribution in [0.2, 0.25) is 0 Å². The molecule has 14 nitrogen and oxygen atoms in total. The lowest BCUT2D eigenvalue weighted by molar-refractivity contribution is -0.144. The van der Waals surface area contributed by atoms with Crippen LogP contribution >= 0.6 is 0 Å². The summed E-state index contributed by atoms with van der Waals surface area (Å²) >= 11 is 0. The number of guanidine groups is 1. The molecule has 0 aromatic carbocycles. The first-order valence-electron chi connectivity index (χ1n) is 11.9. The molecule has 0 spiro atoms. The summed E-state index contributed by atoms with van der Waals surface area (Å²) in [5.41, 5.74) is 16.2. The Balaban J connectivity index is 5.74. The van der Waals surface area contributed by atoms with Gasteiger partial charge in [0.15, 0.2) is 5.96 Å². The Hall–Kier alpha value is -3.42. The molecule has 0 fully saturated rings. The molecule has 36 heavy (non-hydrogen) atoms. The van der Waals surface area contributed by atoms with Crippen LogP contribution < -0.4 is 33.2 Å². The Kier molecular flexibility index (Phi) is 14.7. The third kappa shape index (κ3) is 11.8. The number of nitrogens with zero attached hydrogens (tertiary/aromatic N) is 1. The molecule has 0 aromatic rings. The molecule has 0 aliphatic heterocycles. The van der Waals surface area contributed by atoms with Crippen LogP contribution in [0.5, 0.6) is 0 Å². The molecule has 0 rings (SSSR count). The third-order valence-corrected chi connectivity index (χ3v) is 5.88. The molecule has 0 saturated heterocycles. The highest BCUT2D eigenvalue weighted by molar-refractivity contribution is 5.94. The van der Waals surface area contributed by atoms with Crippen LogP contribution in [0.25, 0.3) is 0 Å². The first-order chi connectivity index (χ1) is 16.7. The predicted octanol–water partition coefficient (Wildman–Crippen LogP) is -1.53. The van der Waals surface area contributed by atoms with Crippen molar-refractivity contribution < 1.29 is 34.2 Å². The standard InChI is InChI=1S/C22H41N7O7/c1-5-11(3)16(28-18(32)13(23)10-15(30)31)20(34)27-14(8-7-9-26-22(24)25)19(33)29-17(21(35)36)12(4)6-2/h11-14,16-17H,5-10,23H2,1-4H3,(H,27,34)(H,28,32)(H,29,33)(H,30,31)(H,35,36)(H4,24,25,26). The number of carboxylic acids is 2. The second-order valence-electron chi connectivity index (χ2n) is 8.80. The van der Waals surface area contributed by atoms with E-state index in [9.17, 15) is 29.1 Å². The fourth-order valence-electron chi connectivity index (χ4n) is 3.21. The Morgan fingerprint density at radius 1 is 0.833 bits per heavy atom. The van der Waals surface area contributed by atoms with Crippen LogP contribution in [0.3, 0.4) is 0 Å². The maximum absolute atomic E-state index is 13.1. The zero-order chi connectivity index (χ0) is 28.0. The SMILES string of the molecule is CCC(C)C(NC(=O)C(CCCN=C(N)N)NC(=O)C(NC(=O)C(N)CC(=O)O)C(C)CC)C(=O)O. The zero-order valence-corrected chi connectivity index (χ0v) is 21.3. The van der Waals surface area contributed by atoms with E-state index in [0.29, 0.717) is 19.3 Å². The molecule has 0 heterocycles. The second kappa shape index (κ2) is 16.3. The molecule has 0 aromatic heterocycles. The van der Waals surface area contributed by atoms with Gasteiger partial charge in [0.25, 0.3) is 0 Å². The minimum atomic E-state index is -1.37. The van der Waals surface area contributed by atoms with Crippen molar-refractivity contribution in [3.8, 4) is 0 Å². The van der Waals surface area contributed by atoms with Crippen molar-refractivity contribution in [1.29, 1.82) is 0 Å². The van der Waals surface area contributed by atoms with E-state index in [4.69, 9.17) is 22.3 Å². The van der Waals surface area contributed by atoms with Gasteiger partial charge in [-0.3, -0.25) is 24.2 Å². The summed E-state index contributed by atoms with van der Waals surface area (Å²) in [7, 11) is 0. The number of aliphatic imine (C=N–C) groups is 1. The number of carboxylic acid groups (broad SMARTS) is 2. The summed E-state index contributed by atoms with van der Waals surface area (Å²) in [6.07, 6.45) is 0.727. The monoisotopic (exact) mass is 515 g/mol. The number of carbonyl (C=O) groups excluding carboxylic acids is 3. The van der Waals surface area contributed by atoms with Crippen LogP contribution in [0.1, 0.15) is 59.8 Å². The summed E-state index contributed by atoms with van der Waals surface area (Å²) in [6.45, 7) is 7.13. The van der Waals surface area contributed by atoms with Gasteiger partial charge < -0.3 is 43.4 Å². The first kappa shape index (κ1) is 32.6. The maximum atomic E-state index is 13.1. The molecule has 6 unspecified atom stereocenters. The van der Waals surface area contributed by atoms with Crippen molar-refractivity contribution in [1.82, 2.24) is 16.0 Å². The van der Waals surface area contributed by atoms with E-state index < -0.39 is 60.2 Å². The quantitative estimate of drug-likeness (QED) is 0.0630. The Labute approximate surface area is 210 Å². The van der Waals surface area contributed by atoms with Crippen LogP contribution in [0, 0.1) is 11.8 Å². The summed E-state index contributed by atoms with van der Waals surface area (Å²) in [5.74, 6) is -5.60. The number of rotatable bonds is 17. The lowest BCUT2D eigenvalue weighted by Gasteiger charge is -2.28. The van der Waals surface area contributed by atoms with Crippen molar-refractivity contribution in [3.05, 3.63) is 0 Å². The normalized spacial score (nSPS) is 15.8. The number of hydrogen-bond acceptors (Lipinski definition) is 7. The van der Waals surface area contributed by atoms with Crippen molar-refractivity contribution >= 4 is 35.6 Å². The van der Waals surface area contributed by atoms with Crippen LogP contribution in [0.15, 0.2) is 4.99 Å². The van der Waals surface area contributed by atoms with Crippen LogP contribution in [0.4, 0.5) is 0 Å². The lowest BCUT2D eigenvalue weighted by Crippen LogP contribution is -2.59. The van der Waals surface area contributed by atoms with E-state index in [1.165, 1.54) is 0 Å². The highest BCUT2D eigenvalue weighted by Gasteiger charge is 2.33. The van der Waals surface area contributed by atoms with Gasteiger partial charge in [0.1, 0.15) is 18.1 Å². The molecular weight excluding hydrogens is 474 g/mol. The van der Waals surface area contributed by atoms with Gasteiger partial charge in [-0.2, -0.15) is 0 Å². The highest BCUT2D eigenvalue weighted by atomic mass is 16.4. The molecule has 206 valence electrons. The Bertz CT molecular complexity index is 802. The topological polar surface area (TPSA) is 252 Å². The fourth-order valence-corrected chi connectivity index (χ4v) is 3.21. The van der Waals surface area contributed by atoms with Gasteiger partial charge >= 0.3 is 11.9 Å². The molecule has 0 radical (unpaired) electrons. The number of hydrogen-bond donors (Lipinski definition) is 8. The minimum absolute atomic E-state index is 0.0842. The molecule has 0 aliphatic rings. The number of carbonyl (C=O) groups is 5. The molecule has 11 N–H and O–H groups in total. The average molecular weight is 516 g/mol. The number of aliphatic carboxylic acids is 2. The number of amides is 3. The highest BCUT2D eigenvalue weighted by Crippen LogP contribution is 2.12. The van der Waals surface area contributed by atoms with Gasteiger partial charge in [-0.1, -0.05) is 40.5 Å². The fraction of sp³-hybridized carbons (Fsp3) is 0.727. The molecular formula is C22H41N7O7. The van der Waals surface area contributed by atoms with E-state index in [1.54, 1.807) is 27.7 Å². The summed E-state index contributed by atoms with van der Waals surface area (Å²) in [4.78, 5) is 64.9. The van der Waals surface area contributed by atoms with E-state index in [1.807, 2.05) is 0 Å². The average Bonchev–Trinajstić information content (AvgIpc) is 2.80. The van der Waals surface area contributed by atoms with E-state index in [0.717, 1.165) is 0 Å². The molecule has 6 atom stereocenters. The molecule has 0 aliphatic carbocycles. The van der Waals surface area contributed by atoms with Crippen LogP contribution in [-0.2, 0) is 24.0 Å². The number of nitrogens with two attached hydrogens (primary N) is 3.